The number of amides is 1. The lowest BCUT2D eigenvalue weighted by molar-refractivity contribution is -0.123. The summed E-state index contributed by atoms with van der Waals surface area (Å²) in [5.41, 5.74) is 6.03. The van der Waals surface area contributed by atoms with Crippen molar-refractivity contribution in [3.63, 3.8) is 0 Å². The molecular formula is C19H22N2O4. The van der Waals surface area contributed by atoms with Crippen molar-refractivity contribution in [3.05, 3.63) is 52.1 Å². The molecule has 0 aliphatic rings. The van der Waals surface area contributed by atoms with Crippen LogP contribution in [-0.2, 0) is 4.79 Å². The van der Waals surface area contributed by atoms with Gasteiger partial charge in [0, 0.05) is 11.1 Å². The Bertz CT molecular complexity index is 829. The zero-order chi connectivity index (χ0) is 18.6. The van der Waals surface area contributed by atoms with Crippen molar-refractivity contribution in [1.29, 1.82) is 0 Å². The number of carbonyl (C=O) groups is 1. The predicted octanol–water partition coefficient (Wildman–Crippen LogP) is 2.86. The third-order valence-electron chi connectivity index (χ3n) is 4.00. The number of aryl methyl sites for hydroxylation is 3. The number of nitrogens with zero attached hydrogens (tertiary/aromatic N) is 1. The van der Waals surface area contributed by atoms with Crippen LogP contribution in [0.25, 0.3) is 0 Å². The van der Waals surface area contributed by atoms with Gasteiger partial charge in [-0.25, -0.2) is 5.43 Å². The van der Waals surface area contributed by atoms with Crippen molar-refractivity contribution < 1.29 is 19.7 Å². The first-order chi connectivity index (χ1) is 11.8. The maximum absolute atomic E-state index is 11.8. The van der Waals surface area contributed by atoms with Crippen molar-refractivity contribution in [2.24, 2.45) is 5.10 Å². The van der Waals surface area contributed by atoms with E-state index in [1.54, 1.807) is 19.9 Å². The van der Waals surface area contributed by atoms with E-state index < -0.39 is 5.91 Å². The fraction of sp³-hybridized carbons (Fsp3) is 0.263. The van der Waals surface area contributed by atoms with Crippen LogP contribution in [0.1, 0.15) is 27.8 Å². The van der Waals surface area contributed by atoms with Gasteiger partial charge in [0.25, 0.3) is 5.91 Å². The fourth-order valence-corrected chi connectivity index (χ4v) is 2.22. The monoisotopic (exact) mass is 342 g/mol. The average Bonchev–Trinajstić information content (AvgIpc) is 2.57. The number of ether oxygens (including phenoxy) is 1. The van der Waals surface area contributed by atoms with Crippen molar-refractivity contribution in [2.75, 3.05) is 6.61 Å². The lowest BCUT2D eigenvalue weighted by Gasteiger charge is -2.09. The van der Waals surface area contributed by atoms with Gasteiger partial charge in [-0.1, -0.05) is 6.07 Å². The minimum absolute atomic E-state index is 0.0120. The summed E-state index contributed by atoms with van der Waals surface area (Å²) in [5, 5.41) is 23.5. The Morgan fingerprint density at radius 2 is 1.84 bits per heavy atom. The largest absolute Gasteiger partial charge is 0.508 e. The molecule has 0 fully saturated rings. The molecule has 0 bridgehead atoms. The molecule has 1 amide bonds. The summed E-state index contributed by atoms with van der Waals surface area (Å²) in [6, 6.07) is 7.13. The zero-order valence-electron chi connectivity index (χ0n) is 14.8. The number of phenols is 2. The van der Waals surface area contributed by atoms with Crippen LogP contribution in [0, 0.1) is 27.7 Å². The Morgan fingerprint density at radius 1 is 1.12 bits per heavy atom. The number of phenolic OH excluding ortho intramolecular Hbond substituents is 2. The van der Waals surface area contributed by atoms with Crippen LogP contribution >= 0.6 is 0 Å². The maximum Gasteiger partial charge on any atom is 0.277 e. The number of hydrazone groups is 1. The topological polar surface area (TPSA) is 91.2 Å². The first kappa shape index (κ1) is 18.3. The van der Waals surface area contributed by atoms with Crippen LogP contribution in [-0.4, -0.2) is 28.9 Å². The van der Waals surface area contributed by atoms with E-state index in [0.29, 0.717) is 22.4 Å². The number of benzene rings is 2. The molecule has 2 aromatic rings. The number of hydrogen-bond acceptors (Lipinski definition) is 5. The maximum atomic E-state index is 11.8. The minimum Gasteiger partial charge on any atom is -0.508 e. The lowest BCUT2D eigenvalue weighted by atomic mass is 10.0. The molecule has 25 heavy (non-hydrogen) atoms. The van der Waals surface area contributed by atoms with Crippen molar-refractivity contribution in [1.82, 2.24) is 5.43 Å². The minimum atomic E-state index is -0.415. The van der Waals surface area contributed by atoms with Gasteiger partial charge in [-0.3, -0.25) is 4.79 Å². The Morgan fingerprint density at radius 3 is 2.52 bits per heavy atom. The molecule has 6 nitrogen and oxygen atoms in total. The Labute approximate surface area is 146 Å². The predicted molar refractivity (Wildman–Crippen MR) is 96.4 cm³/mol. The van der Waals surface area contributed by atoms with E-state index in [4.69, 9.17) is 4.74 Å². The summed E-state index contributed by atoms with van der Waals surface area (Å²) in [7, 11) is 0. The Hall–Kier alpha value is -3.02. The quantitative estimate of drug-likeness (QED) is 0.575. The van der Waals surface area contributed by atoms with Gasteiger partial charge in [0.1, 0.15) is 17.2 Å². The molecule has 132 valence electrons. The lowest BCUT2D eigenvalue weighted by Crippen LogP contribution is -2.24. The molecule has 0 aromatic heterocycles. The number of hydrogen-bond donors (Lipinski definition) is 3. The normalized spacial score (nSPS) is 10.9. The van der Waals surface area contributed by atoms with Gasteiger partial charge in [0.15, 0.2) is 6.61 Å². The highest BCUT2D eigenvalue weighted by Crippen LogP contribution is 2.31. The molecule has 0 unspecified atom stereocenters. The van der Waals surface area contributed by atoms with E-state index >= 15 is 0 Å². The average molecular weight is 342 g/mol. The van der Waals surface area contributed by atoms with Crippen LogP contribution in [0.4, 0.5) is 0 Å². The van der Waals surface area contributed by atoms with Crippen LogP contribution < -0.4 is 10.2 Å². The standard InChI is InChI=1S/C19H22N2O4/c1-11-5-6-15(7-12(11)2)25-10-18(23)21-20-9-16-13(3)8-17(22)14(4)19(16)24/h5-9,22,24H,10H2,1-4H3,(H,21,23)/b20-9+. The second-order valence-corrected chi connectivity index (χ2v) is 5.93. The summed E-state index contributed by atoms with van der Waals surface area (Å²) < 4.78 is 5.42. The van der Waals surface area contributed by atoms with Gasteiger partial charge in [0.2, 0.25) is 0 Å². The number of carbonyl (C=O) groups excluding carboxylic acids is 1. The van der Waals surface area contributed by atoms with Crippen molar-refractivity contribution in [3.8, 4) is 17.2 Å². The second kappa shape index (κ2) is 7.70. The van der Waals surface area contributed by atoms with E-state index in [1.165, 1.54) is 12.3 Å². The number of aromatic hydroxyl groups is 2. The zero-order valence-corrected chi connectivity index (χ0v) is 14.8. The molecule has 6 heteroatoms. The summed E-state index contributed by atoms with van der Waals surface area (Å²) in [6.45, 7) is 7.13. The molecule has 2 aromatic carbocycles. The van der Waals surface area contributed by atoms with Crippen LogP contribution in [0.5, 0.6) is 17.2 Å². The molecule has 0 saturated carbocycles. The molecule has 3 N–H and O–H groups in total. The molecule has 0 heterocycles. The third kappa shape index (κ3) is 4.50. The van der Waals surface area contributed by atoms with Crippen LogP contribution in [0.15, 0.2) is 29.4 Å². The number of rotatable bonds is 5. The first-order valence-electron chi connectivity index (χ1n) is 7.83. The van der Waals surface area contributed by atoms with Gasteiger partial charge < -0.3 is 14.9 Å². The SMILES string of the molecule is Cc1ccc(OCC(=O)N/N=C/c2c(C)cc(O)c(C)c2O)cc1C. The van der Waals surface area contributed by atoms with Crippen LogP contribution in [0.2, 0.25) is 0 Å². The summed E-state index contributed by atoms with van der Waals surface area (Å²) >= 11 is 0. The molecular weight excluding hydrogens is 320 g/mol. The molecule has 0 saturated heterocycles. The smallest absolute Gasteiger partial charge is 0.277 e. The second-order valence-electron chi connectivity index (χ2n) is 5.93. The number of nitrogens with one attached hydrogen (secondary N) is 1. The van der Waals surface area contributed by atoms with E-state index in [0.717, 1.165) is 11.1 Å². The Kier molecular flexibility index (Phi) is 5.64. The first-order valence-corrected chi connectivity index (χ1v) is 7.83. The van der Waals surface area contributed by atoms with E-state index in [-0.39, 0.29) is 18.1 Å². The van der Waals surface area contributed by atoms with Gasteiger partial charge >= 0.3 is 0 Å². The third-order valence-corrected chi connectivity index (χ3v) is 4.00. The fourth-order valence-electron chi connectivity index (χ4n) is 2.22. The van der Waals surface area contributed by atoms with Crippen molar-refractivity contribution >= 4 is 12.1 Å². The van der Waals surface area contributed by atoms with E-state index in [2.05, 4.69) is 10.5 Å². The summed E-state index contributed by atoms with van der Waals surface area (Å²) in [6.07, 6.45) is 1.34. The van der Waals surface area contributed by atoms with Crippen molar-refractivity contribution in [2.45, 2.75) is 27.7 Å². The van der Waals surface area contributed by atoms with Gasteiger partial charge in [-0.15, -0.1) is 0 Å². The van der Waals surface area contributed by atoms with Gasteiger partial charge in [-0.05, 0) is 62.6 Å². The molecule has 2 rings (SSSR count). The highest BCUT2D eigenvalue weighted by atomic mass is 16.5. The molecule has 0 atom stereocenters. The summed E-state index contributed by atoms with van der Waals surface area (Å²) in [5.74, 6) is 0.145. The molecule has 0 radical (unpaired) electrons. The van der Waals surface area contributed by atoms with E-state index in [9.17, 15) is 15.0 Å². The Balaban J connectivity index is 1.95. The summed E-state index contributed by atoms with van der Waals surface area (Å²) in [4.78, 5) is 11.8. The molecule has 0 aliphatic heterocycles. The van der Waals surface area contributed by atoms with Gasteiger partial charge in [0.05, 0.1) is 6.21 Å². The van der Waals surface area contributed by atoms with Gasteiger partial charge in [-0.2, -0.15) is 5.10 Å². The molecule has 0 spiro atoms. The highest BCUT2D eigenvalue weighted by Gasteiger charge is 2.10. The van der Waals surface area contributed by atoms with E-state index in [1.807, 2.05) is 26.0 Å². The highest BCUT2D eigenvalue weighted by molar-refractivity contribution is 5.88. The van der Waals surface area contributed by atoms with Crippen LogP contribution in [0.3, 0.4) is 0 Å². The molecule has 0 aliphatic carbocycles.